The number of nitrogens with zero attached hydrogens (tertiary/aromatic N) is 1. The minimum Gasteiger partial charge on any atom is -0.335 e. The molecule has 1 radical (unpaired) electrons. The molecule has 117 valence electrons. The topological polar surface area (TPSA) is 61.4 Å². The third-order valence-corrected chi connectivity index (χ3v) is 4.23. The Balaban J connectivity index is 1.60. The highest BCUT2D eigenvalue weighted by Gasteiger charge is 2.36. The second kappa shape index (κ2) is 6.38. The first kappa shape index (κ1) is 14.9. The molecule has 1 saturated carbocycles. The number of benzene rings is 1. The van der Waals surface area contributed by atoms with E-state index in [2.05, 4.69) is 17.6 Å². The summed E-state index contributed by atoms with van der Waals surface area (Å²) in [5, 5.41) is 5.87. The van der Waals surface area contributed by atoms with Crippen molar-refractivity contribution in [1.29, 1.82) is 0 Å². The molecule has 3 rings (SSSR count). The number of amides is 3. The van der Waals surface area contributed by atoms with E-state index >= 15 is 0 Å². The molecule has 1 aliphatic heterocycles. The number of hydrogen-bond acceptors (Lipinski definition) is 2. The van der Waals surface area contributed by atoms with Crippen molar-refractivity contribution in [3.05, 3.63) is 36.8 Å². The van der Waals surface area contributed by atoms with E-state index in [1.165, 1.54) is 0 Å². The molecule has 2 aliphatic rings. The summed E-state index contributed by atoms with van der Waals surface area (Å²) >= 11 is 0. The number of rotatable bonds is 4. The Kier molecular flexibility index (Phi) is 4.32. The van der Waals surface area contributed by atoms with Gasteiger partial charge < -0.3 is 15.5 Å². The van der Waals surface area contributed by atoms with Crippen LogP contribution in [0.25, 0.3) is 0 Å². The second-order valence-corrected chi connectivity index (χ2v) is 6.01. The third kappa shape index (κ3) is 3.40. The first-order valence-electron chi connectivity index (χ1n) is 7.93. The molecule has 0 bridgehead atoms. The van der Waals surface area contributed by atoms with E-state index in [-0.39, 0.29) is 18.0 Å². The van der Waals surface area contributed by atoms with Crippen LogP contribution < -0.4 is 10.6 Å². The summed E-state index contributed by atoms with van der Waals surface area (Å²) in [5.41, 5.74) is 1.89. The summed E-state index contributed by atoms with van der Waals surface area (Å²) in [6.45, 7) is 4.48. The van der Waals surface area contributed by atoms with Crippen LogP contribution in [0.15, 0.2) is 24.3 Å². The maximum Gasteiger partial charge on any atom is 0.318 e. The summed E-state index contributed by atoms with van der Waals surface area (Å²) in [7, 11) is 0. The lowest BCUT2D eigenvalue weighted by molar-refractivity contribution is -0.119. The van der Waals surface area contributed by atoms with E-state index in [1.54, 1.807) is 4.90 Å². The van der Waals surface area contributed by atoms with Gasteiger partial charge in [-0.3, -0.25) is 4.79 Å². The zero-order valence-corrected chi connectivity index (χ0v) is 12.7. The lowest BCUT2D eigenvalue weighted by Gasteiger charge is -2.24. The summed E-state index contributed by atoms with van der Waals surface area (Å²) < 4.78 is 0. The van der Waals surface area contributed by atoms with E-state index in [9.17, 15) is 9.59 Å². The van der Waals surface area contributed by atoms with Gasteiger partial charge in [0.15, 0.2) is 0 Å². The van der Waals surface area contributed by atoms with Crippen molar-refractivity contribution in [1.82, 2.24) is 10.2 Å². The average Bonchev–Trinajstić information content (AvgIpc) is 3.19. The number of carbonyl (C=O) groups excluding carboxylic acids is 2. The first-order valence-corrected chi connectivity index (χ1v) is 7.93. The first-order chi connectivity index (χ1) is 10.7. The Morgan fingerprint density at radius 3 is 2.55 bits per heavy atom. The van der Waals surface area contributed by atoms with Gasteiger partial charge in [0.1, 0.15) is 6.04 Å². The molecule has 1 aromatic carbocycles. The van der Waals surface area contributed by atoms with Crippen LogP contribution in [0.3, 0.4) is 0 Å². The van der Waals surface area contributed by atoms with Crippen molar-refractivity contribution in [2.24, 2.45) is 0 Å². The van der Waals surface area contributed by atoms with Crippen molar-refractivity contribution in [3.63, 3.8) is 0 Å². The van der Waals surface area contributed by atoms with Gasteiger partial charge >= 0.3 is 6.03 Å². The Morgan fingerprint density at radius 2 is 1.91 bits per heavy atom. The van der Waals surface area contributed by atoms with Gasteiger partial charge in [-0.1, -0.05) is 12.1 Å². The largest absolute Gasteiger partial charge is 0.335 e. The standard InChI is InChI=1S/C17H22N3O2/c1-2-12-5-7-13(8-6-12)18-16(21)15-4-3-11-20(15)17(22)19-14-9-10-14/h5-8,14-15H,1-4,9-11H2,(H,18,21)(H,19,22)/t15-/m0/s1. The fourth-order valence-electron chi connectivity index (χ4n) is 2.75. The highest BCUT2D eigenvalue weighted by molar-refractivity contribution is 5.97. The number of carbonyl (C=O) groups is 2. The van der Waals surface area contributed by atoms with E-state index in [4.69, 9.17) is 0 Å². The highest BCUT2D eigenvalue weighted by Crippen LogP contribution is 2.23. The number of anilines is 1. The van der Waals surface area contributed by atoms with Crippen molar-refractivity contribution < 1.29 is 9.59 Å². The predicted octanol–water partition coefficient (Wildman–Crippen LogP) is 2.34. The second-order valence-electron chi connectivity index (χ2n) is 6.01. The maximum atomic E-state index is 12.4. The maximum absolute atomic E-state index is 12.4. The van der Waals surface area contributed by atoms with Gasteiger partial charge in [0.05, 0.1) is 0 Å². The summed E-state index contributed by atoms with van der Waals surface area (Å²) in [6.07, 6.45) is 4.42. The van der Waals surface area contributed by atoms with Crippen molar-refractivity contribution in [2.75, 3.05) is 11.9 Å². The van der Waals surface area contributed by atoms with Crippen LogP contribution in [0, 0.1) is 6.92 Å². The van der Waals surface area contributed by atoms with Gasteiger partial charge in [0.2, 0.25) is 5.91 Å². The SMILES string of the molecule is [CH2]Cc1ccc(NC(=O)[C@@H]2CCCN2C(=O)NC2CC2)cc1. The van der Waals surface area contributed by atoms with Crippen molar-refractivity contribution in [3.8, 4) is 0 Å². The molecule has 5 nitrogen and oxygen atoms in total. The molecule has 3 amide bonds. The van der Waals surface area contributed by atoms with Crippen LogP contribution in [0.2, 0.25) is 0 Å². The van der Waals surface area contributed by atoms with E-state index < -0.39 is 0 Å². The lowest BCUT2D eigenvalue weighted by Crippen LogP contribution is -2.48. The minimum absolute atomic E-state index is 0.104. The normalized spacial score (nSPS) is 20.8. The van der Waals surface area contributed by atoms with Gasteiger partial charge in [0, 0.05) is 18.3 Å². The molecule has 0 aromatic heterocycles. The van der Waals surface area contributed by atoms with Crippen LogP contribution in [0.1, 0.15) is 31.2 Å². The van der Waals surface area contributed by atoms with Gasteiger partial charge in [-0.05, 0) is 56.7 Å². The fraction of sp³-hybridized carbons (Fsp3) is 0.471. The van der Waals surface area contributed by atoms with Crippen LogP contribution in [0.4, 0.5) is 10.5 Å². The molecule has 2 fully saturated rings. The predicted molar refractivity (Wildman–Crippen MR) is 85.4 cm³/mol. The van der Waals surface area contributed by atoms with Crippen LogP contribution in [-0.4, -0.2) is 35.5 Å². The van der Waals surface area contributed by atoms with Gasteiger partial charge in [-0.25, -0.2) is 4.79 Å². The minimum atomic E-state index is -0.369. The van der Waals surface area contributed by atoms with Gasteiger partial charge in [0.25, 0.3) is 0 Å². The summed E-state index contributed by atoms with van der Waals surface area (Å²) in [4.78, 5) is 26.3. The number of urea groups is 1. The quantitative estimate of drug-likeness (QED) is 0.896. The Hall–Kier alpha value is -2.04. The zero-order chi connectivity index (χ0) is 15.5. The van der Waals surface area contributed by atoms with Crippen molar-refractivity contribution >= 4 is 17.6 Å². The van der Waals surface area contributed by atoms with E-state index in [0.29, 0.717) is 12.6 Å². The van der Waals surface area contributed by atoms with Crippen LogP contribution in [-0.2, 0) is 11.2 Å². The van der Waals surface area contributed by atoms with Crippen LogP contribution >= 0.6 is 0 Å². The molecule has 0 unspecified atom stereocenters. The summed E-state index contributed by atoms with van der Waals surface area (Å²) in [5.74, 6) is -0.106. The number of likely N-dealkylation sites (tertiary alicyclic amines) is 1. The monoisotopic (exact) mass is 300 g/mol. The van der Waals surface area contributed by atoms with Gasteiger partial charge in [-0.15, -0.1) is 0 Å². The molecular weight excluding hydrogens is 278 g/mol. The Morgan fingerprint density at radius 1 is 1.18 bits per heavy atom. The smallest absolute Gasteiger partial charge is 0.318 e. The zero-order valence-electron chi connectivity index (χ0n) is 12.7. The molecular formula is C17H22N3O2. The molecule has 1 saturated heterocycles. The van der Waals surface area contributed by atoms with Crippen molar-refractivity contribution in [2.45, 2.75) is 44.2 Å². The Labute approximate surface area is 131 Å². The summed E-state index contributed by atoms with van der Waals surface area (Å²) in [6, 6.07) is 7.50. The molecule has 1 heterocycles. The third-order valence-electron chi connectivity index (χ3n) is 4.23. The molecule has 2 N–H and O–H groups in total. The fourth-order valence-corrected chi connectivity index (χ4v) is 2.75. The number of nitrogens with one attached hydrogen (secondary N) is 2. The molecule has 1 aliphatic carbocycles. The lowest BCUT2D eigenvalue weighted by atomic mass is 10.1. The molecule has 5 heteroatoms. The number of hydrogen-bond donors (Lipinski definition) is 2. The van der Waals surface area contributed by atoms with Gasteiger partial charge in [-0.2, -0.15) is 0 Å². The Bertz CT molecular complexity index is 552. The van der Waals surface area contributed by atoms with Crippen LogP contribution in [0.5, 0.6) is 0 Å². The molecule has 0 spiro atoms. The average molecular weight is 300 g/mol. The molecule has 22 heavy (non-hydrogen) atoms. The molecule has 1 atom stereocenters. The van der Waals surface area contributed by atoms with E-state index in [1.807, 2.05) is 24.3 Å². The highest BCUT2D eigenvalue weighted by atomic mass is 16.2. The van der Waals surface area contributed by atoms with E-state index in [0.717, 1.165) is 43.4 Å². The molecule has 1 aromatic rings.